The number of nitriles is 1. The van der Waals surface area contributed by atoms with Gasteiger partial charge in [0.05, 0.1) is 18.2 Å². The van der Waals surface area contributed by atoms with Gasteiger partial charge >= 0.3 is 0 Å². The van der Waals surface area contributed by atoms with Gasteiger partial charge in [-0.3, -0.25) is 9.78 Å². The third-order valence-corrected chi connectivity index (χ3v) is 2.64. The number of hydrogen-bond acceptors (Lipinski definition) is 4. The van der Waals surface area contributed by atoms with Crippen molar-refractivity contribution in [3.63, 3.8) is 0 Å². The van der Waals surface area contributed by atoms with E-state index >= 15 is 0 Å². The van der Waals surface area contributed by atoms with Crippen LogP contribution in [0.15, 0.2) is 48.8 Å². The molecule has 100 valence electrons. The second-order valence-electron chi connectivity index (χ2n) is 4.20. The molecule has 5 nitrogen and oxygen atoms in total. The molecule has 0 spiro atoms. The Balaban J connectivity index is 1.79. The van der Waals surface area contributed by atoms with E-state index in [-0.39, 0.29) is 12.5 Å². The Bertz CT molecular complexity index is 619. The largest absolute Gasteiger partial charge is 0.325 e. The summed E-state index contributed by atoms with van der Waals surface area (Å²) in [7, 11) is 0. The van der Waals surface area contributed by atoms with E-state index in [1.165, 1.54) is 0 Å². The van der Waals surface area contributed by atoms with E-state index in [2.05, 4.69) is 15.6 Å². The Morgan fingerprint density at radius 3 is 2.80 bits per heavy atom. The first-order valence-corrected chi connectivity index (χ1v) is 6.17. The van der Waals surface area contributed by atoms with Gasteiger partial charge in [0.15, 0.2) is 0 Å². The Morgan fingerprint density at radius 1 is 1.25 bits per heavy atom. The number of nitrogens with zero attached hydrogens (tertiary/aromatic N) is 2. The van der Waals surface area contributed by atoms with Crippen LogP contribution in [0, 0.1) is 11.3 Å². The van der Waals surface area contributed by atoms with Crippen LogP contribution in [0.25, 0.3) is 0 Å². The third-order valence-electron chi connectivity index (χ3n) is 2.64. The summed E-state index contributed by atoms with van der Waals surface area (Å²) in [6.45, 7) is 0.813. The van der Waals surface area contributed by atoms with Crippen LogP contribution in [0.2, 0.25) is 0 Å². The SMILES string of the molecule is N#Cc1cccc(NC(=O)CNCc2ccncc2)c1. The van der Waals surface area contributed by atoms with E-state index in [1.54, 1.807) is 36.7 Å². The van der Waals surface area contributed by atoms with Crippen molar-refractivity contribution in [2.75, 3.05) is 11.9 Å². The summed E-state index contributed by atoms with van der Waals surface area (Å²) in [4.78, 5) is 15.7. The topological polar surface area (TPSA) is 77.8 Å². The molecule has 1 aromatic carbocycles. The molecule has 2 aromatic rings. The molecule has 0 saturated carbocycles. The van der Waals surface area contributed by atoms with Crippen LogP contribution in [-0.2, 0) is 11.3 Å². The maximum absolute atomic E-state index is 11.7. The van der Waals surface area contributed by atoms with Gasteiger partial charge in [-0.25, -0.2) is 0 Å². The van der Waals surface area contributed by atoms with Gasteiger partial charge in [-0.15, -0.1) is 0 Å². The van der Waals surface area contributed by atoms with Crippen molar-refractivity contribution < 1.29 is 4.79 Å². The van der Waals surface area contributed by atoms with Gasteiger partial charge in [0.2, 0.25) is 5.91 Å². The summed E-state index contributed by atoms with van der Waals surface area (Å²) in [6, 6.07) is 12.6. The maximum atomic E-state index is 11.7. The van der Waals surface area contributed by atoms with Gasteiger partial charge in [0, 0.05) is 24.6 Å². The van der Waals surface area contributed by atoms with Crippen molar-refractivity contribution in [3.05, 3.63) is 59.9 Å². The summed E-state index contributed by atoms with van der Waals surface area (Å²) in [5.74, 6) is -0.144. The molecule has 2 N–H and O–H groups in total. The number of carbonyl (C=O) groups is 1. The van der Waals surface area contributed by atoms with E-state index in [9.17, 15) is 4.79 Å². The molecular weight excluding hydrogens is 252 g/mol. The first-order chi connectivity index (χ1) is 9.78. The van der Waals surface area contributed by atoms with Crippen LogP contribution < -0.4 is 10.6 Å². The monoisotopic (exact) mass is 266 g/mol. The van der Waals surface area contributed by atoms with E-state index in [0.29, 0.717) is 17.8 Å². The van der Waals surface area contributed by atoms with Crippen LogP contribution in [-0.4, -0.2) is 17.4 Å². The lowest BCUT2D eigenvalue weighted by Gasteiger charge is -2.07. The molecule has 0 aliphatic carbocycles. The van der Waals surface area contributed by atoms with Gasteiger partial charge in [0.25, 0.3) is 0 Å². The molecule has 5 heteroatoms. The van der Waals surface area contributed by atoms with Gasteiger partial charge in [-0.2, -0.15) is 5.26 Å². The number of rotatable bonds is 5. The van der Waals surface area contributed by atoms with Crippen LogP contribution >= 0.6 is 0 Å². The molecule has 0 bridgehead atoms. The molecule has 20 heavy (non-hydrogen) atoms. The molecule has 0 atom stereocenters. The molecule has 1 amide bonds. The highest BCUT2D eigenvalue weighted by Crippen LogP contribution is 2.09. The summed E-state index contributed by atoms with van der Waals surface area (Å²) < 4.78 is 0. The van der Waals surface area contributed by atoms with Gasteiger partial charge in [-0.05, 0) is 35.9 Å². The molecule has 0 saturated heterocycles. The Kier molecular flexibility index (Phi) is 4.81. The predicted molar refractivity (Wildman–Crippen MR) is 75.7 cm³/mol. The smallest absolute Gasteiger partial charge is 0.238 e. The number of carbonyl (C=O) groups excluding carboxylic acids is 1. The summed E-state index contributed by atoms with van der Waals surface area (Å²) >= 11 is 0. The fourth-order valence-corrected chi connectivity index (χ4v) is 1.69. The average Bonchev–Trinajstić information content (AvgIpc) is 2.48. The zero-order valence-electron chi connectivity index (χ0n) is 10.8. The lowest BCUT2D eigenvalue weighted by atomic mass is 10.2. The number of amides is 1. The Labute approximate surface area is 117 Å². The van der Waals surface area contributed by atoms with E-state index in [0.717, 1.165) is 5.56 Å². The van der Waals surface area contributed by atoms with Crippen molar-refractivity contribution in [1.29, 1.82) is 5.26 Å². The minimum atomic E-state index is -0.144. The molecular formula is C15H14N4O. The number of anilines is 1. The summed E-state index contributed by atoms with van der Waals surface area (Å²) in [6.07, 6.45) is 3.43. The Morgan fingerprint density at radius 2 is 2.05 bits per heavy atom. The van der Waals surface area contributed by atoms with E-state index < -0.39 is 0 Å². The molecule has 1 heterocycles. The minimum absolute atomic E-state index is 0.144. The molecule has 0 aliphatic heterocycles. The first-order valence-electron chi connectivity index (χ1n) is 6.17. The minimum Gasteiger partial charge on any atom is -0.325 e. The molecule has 0 fully saturated rings. The fraction of sp³-hybridized carbons (Fsp3) is 0.133. The van der Waals surface area contributed by atoms with Crippen LogP contribution in [0.3, 0.4) is 0 Å². The van der Waals surface area contributed by atoms with Crippen molar-refractivity contribution in [2.24, 2.45) is 0 Å². The highest BCUT2D eigenvalue weighted by molar-refractivity contribution is 5.92. The number of aromatic nitrogens is 1. The second-order valence-corrected chi connectivity index (χ2v) is 4.20. The zero-order chi connectivity index (χ0) is 14.2. The quantitative estimate of drug-likeness (QED) is 0.863. The maximum Gasteiger partial charge on any atom is 0.238 e. The van der Waals surface area contributed by atoms with Crippen molar-refractivity contribution in [3.8, 4) is 6.07 Å². The zero-order valence-corrected chi connectivity index (χ0v) is 10.8. The lowest BCUT2D eigenvalue weighted by molar-refractivity contribution is -0.115. The molecule has 0 aliphatic rings. The van der Waals surface area contributed by atoms with Crippen molar-refractivity contribution in [1.82, 2.24) is 10.3 Å². The lowest BCUT2D eigenvalue weighted by Crippen LogP contribution is -2.27. The highest BCUT2D eigenvalue weighted by Gasteiger charge is 2.02. The normalized spacial score (nSPS) is 9.75. The van der Waals surface area contributed by atoms with Crippen LogP contribution in [0.5, 0.6) is 0 Å². The predicted octanol–water partition coefficient (Wildman–Crippen LogP) is 1.68. The standard InChI is InChI=1S/C15H14N4O/c16-9-13-2-1-3-14(8-13)19-15(20)11-18-10-12-4-6-17-7-5-12/h1-8,18H,10-11H2,(H,19,20). The third kappa shape index (κ3) is 4.19. The Hall–Kier alpha value is -2.71. The number of pyridine rings is 1. The summed E-state index contributed by atoms with van der Waals surface area (Å²) in [5.41, 5.74) is 2.21. The first kappa shape index (κ1) is 13.7. The van der Waals surface area contributed by atoms with Crippen molar-refractivity contribution in [2.45, 2.75) is 6.54 Å². The van der Waals surface area contributed by atoms with Crippen molar-refractivity contribution >= 4 is 11.6 Å². The number of hydrogen-bond donors (Lipinski definition) is 2. The fourth-order valence-electron chi connectivity index (χ4n) is 1.69. The van der Waals surface area contributed by atoms with Crippen LogP contribution in [0.1, 0.15) is 11.1 Å². The van der Waals surface area contributed by atoms with Gasteiger partial charge in [-0.1, -0.05) is 6.07 Å². The van der Waals surface area contributed by atoms with Gasteiger partial charge < -0.3 is 10.6 Å². The van der Waals surface area contributed by atoms with Crippen LogP contribution in [0.4, 0.5) is 5.69 Å². The number of nitrogens with one attached hydrogen (secondary N) is 2. The second kappa shape index (κ2) is 7.02. The highest BCUT2D eigenvalue weighted by atomic mass is 16.1. The number of benzene rings is 1. The summed E-state index contributed by atoms with van der Waals surface area (Å²) in [5, 5.41) is 14.6. The molecule has 1 aromatic heterocycles. The van der Waals surface area contributed by atoms with E-state index in [1.807, 2.05) is 18.2 Å². The van der Waals surface area contributed by atoms with E-state index in [4.69, 9.17) is 5.26 Å². The molecule has 2 rings (SSSR count). The molecule has 0 unspecified atom stereocenters. The van der Waals surface area contributed by atoms with Gasteiger partial charge in [0.1, 0.15) is 0 Å². The molecule has 0 radical (unpaired) electrons. The average molecular weight is 266 g/mol.